The second-order valence-corrected chi connectivity index (χ2v) is 23.5. The number of hydrogen-bond acceptors (Lipinski definition) is 15. The van der Waals surface area contributed by atoms with Crippen molar-refractivity contribution < 1.29 is 53.1 Å². The van der Waals surface area contributed by atoms with Crippen molar-refractivity contribution in [3.63, 3.8) is 0 Å². The van der Waals surface area contributed by atoms with Crippen LogP contribution in [0.15, 0.2) is 71.5 Å². The molecule has 10 rings (SSSR count). The van der Waals surface area contributed by atoms with Crippen molar-refractivity contribution in [3.05, 3.63) is 82.6 Å². The number of anilines is 1. The number of nitrogens with one attached hydrogen (secondary N) is 1. The quantitative estimate of drug-likeness (QED) is 0.0465. The molecule has 1 saturated carbocycles. The monoisotopic (exact) mass is 1050 g/mol. The molecule has 0 radical (unpaired) electrons. The van der Waals surface area contributed by atoms with Crippen LogP contribution in [-0.4, -0.2) is 158 Å². The number of methoxy groups -OCH3 is 3. The van der Waals surface area contributed by atoms with Gasteiger partial charge in [0.25, 0.3) is 11.8 Å². The number of allylic oxidation sites excluding steroid dienone is 2. The van der Waals surface area contributed by atoms with E-state index in [1.54, 1.807) is 7.11 Å². The summed E-state index contributed by atoms with van der Waals surface area (Å²) in [6.07, 6.45) is 24.2. The Hall–Kier alpha value is -5.29. The van der Waals surface area contributed by atoms with Crippen molar-refractivity contribution in [2.45, 2.75) is 169 Å². The molecule has 1 aromatic rings. The highest BCUT2D eigenvalue weighted by Gasteiger charge is 2.80. The average Bonchev–Trinajstić information content (AvgIpc) is 3.74. The smallest absolute Gasteiger partial charge is 0.344 e. The molecule has 16 nitrogen and oxygen atoms in total. The molecule has 2 bridgehead atoms. The predicted molar refractivity (Wildman–Crippen MR) is 286 cm³/mol. The lowest BCUT2D eigenvalue weighted by Crippen LogP contribution is -2.81. The topological polar surface area (TPSA) is 188 Å². The molecule has 2 amide bonds. The molecule has 3 unspecified atom stereocenters. The summed E-state index contributed by atoms with van der Waals surface area (Å²) in [5, 5.41) is 29.9. The Kier molecular flexibility index (Phi) is 15.1. The van der Waals surface area contributed by atoms with Crippen LogP contribution in [-0.2, 0) is 49.0 Å². The maximum atomic E-state index is 15.6. The Morgan fingerprint density at radius 2 is 1.54 bits per heavy atom. The van der Waals surface area contributed by atoms with Crippen molar-refractivity contribution in [1.29, 1.82) is 0 Å². The fraction of sp³-hybridized carbons (Fsp3) is 0.650. The number of fused-ring (bicyclic) bond motifs is 5. The zero-order valence-electron chi connectivity index (χ0n) is 45.7. The summed E-state index contributed by atoms with van der Waals surface area (Å²) in [7, 11) is 6.24. The maximum absolute atomic E-state index is 15.6. The molecule has 1 spiro atoms. The van der Waals surface area contributed by atoms with Crippen molar-refractivity contribution in [2.75, 3.05) is 72.5 Å². The molecule has 3 N–H and O–H groups in total. The van der Waals surface area contributed by atoms with Crippen LogP contribution >= 0.6 is 0 Å². The number of aliphatic hydroxyl groups is 2. The largest absolute Gasteiger partial charge is 0.496 e. The summed E-state index contributed by atoms with van der Waals surface area (Å²) in [6, 6.07) is 2.78. The minimum atomic E-state index is -2.35. The molecule has 1 aromatic carbocycles. The van der Waals surface area contributed by atoms with Crippen LogP contribution in [0.2, 0.25) is 0 Å². The van der Waals surface area contributed by atoms with E-state index in [-0.39, 0.29) is 36.2 Å². The molecule has 412 valence electrons. The number of rotatable bonds is 19. The standard InChI is InChI=1S/C60H81N5O11/c1-7-56(71)35-39-36-59(54(69)74-5,50-41(26-31-63(37-39)38-56)40-21-17-18-22-44(40)61-50)43-33-42-45(34-46(43)73-4)62(3)52-58(42)28-32-64-29-20-27-57(8-2,51(58)64)53(60(52,72)55(70)75-6)76-49(68)23-16-14-12-10-9-11-13-15-19-30-65-47(66)24-25-48(65)67/h17-18,20-21,24-25,27,33-34,39,44,51-53,61,71-72H,7-16,19,22-23,26,28-32,35-38H2,1-6H3/t39-,44?,51+,52-,53?,56+,57-,58-,59+,60+/m1/s1. The van der Waals surface area contributed by atoms with Crippen molar-refractivity contribution in [2.24, 2.45) is 11.3 Å². The van der Waals surface area contributed by atoms with Gasteiger partial charge in [0.05, 0.1) is 39.0 Å². The minimum Gasteiger partial charge on any atom is -0.496 e. The number of likely N-dealkylation sites (N-methyl/N-ethyl adjacent to an activating group) is 1. The molecular formula is C60H81N5O11. The second kappa shape index (κ2) is 21.2. The first-order valence-electron chi connectivity index (χ1n) is 28.4. The molecular weight excluding hydrogens is 967 g/mol. The number of carbonyl (C=O) groups is 5. The summed E-state index contributed by atoms with van der Waals surface area (Å²) in [6.45, 7) is 7.80. The number of unbranched alkanes of at least 4 members (excludes halogenated alkanes) is 8. The molecule has 3 fully saturated rings. The van der Waals surface area contributed by atoms with Gasteiger partial charge in [-0.05, 0) is 93.0 Å². The highest BCUT2D eigenvalue weighted by molar-refractivity contribution is 6.12. The molecule has 2 aliphatic carbocycles. The average molecular weight is 1050 g/mol. The summed E-state index contributed by atoms with van der Waals surface area (Å²) >= 11 is 0. The van der Waals surface area contributed by atoms with Crippen LogP contribution in [0.1, 0.15) is 134 Å². The molecule has 11 atom stereocenters. The van der Waals surface area contributed by atoms with Gasteiger partial charge in [0.2, 0.25) is 5.60 Å². The number of amides is 2. The zero-order valence-corrected chi connectivity index (χ0v) is 45.7. The molecule has 76 heavy (non-hydrogen) atoms. The van der Waals surface area contributed by atoms with Gasteiger partial charge >= 0.3 is 17.9 Å². The molecule has 0 aromatic heterocycles. The number of hydrogen-bond donors (Lipinski definition) is 3. The molecule has 16 heteroatoms. The van der Waals surface area contributed by atoms with Gasteiger partial charge in [-0.1, -0.05) is 89.2 Å². The molecule has 2 saturated heterocycles. The number of piperidine rings is 1. The van der Waals surface area contributed by atoms with Crippen LogP contribution < -0.4 is 15.0 Å². The van der Waals surface area contributed by atoms with E-state index in [0.29, 0.717) is 89.0 Å². The first-order valence-corrected chi connectivity index (χ1v) is 28.4. The van der Waals surface area contributed by atoms with Crippen LogP contribution in [0.4, 0.5) is 5.69 Å². The lowest BCUT2D eigenvalue weighted by Gasteiger charge is -2.63. The predicted octanol–water partition coefficient (Wildman–Crippen LogP) is 6.23. The Morgan fingerprint density at radius 1 is 0.829 bits per heavy atom. The number of carbonyl (C=O) groups excluding carboxylic acids is 5. The van der Waals surface area contributed by atoms with Gasteiger partial charge in [-0.15, -0.1) is 0 Å². The third-order valence-corrected chi connectivity index (χ3v) is 19.5. The van der Waals surface area contributed by atoms with Crippen molar-refractivity contribution in [3.8, 4) is 5.75 Å². The lowest BCUT2D eigenvalue weighted by molar-refractivity contribution is -0.229. The molecule has 9 aliphatic rings. The Morgan fingerprint density at radius 3 is 2.22 bits per heavy atom. The van der Waals surface area contributed by atoms with E-state index >= 15 is 4.79 Å². The lowest BCUT2D eigenvalue weighted by atomic mass is 9.47. The number of nitrogens with zero attached hydrogens (tertiary/aromatic N) is 4. The van der Waals surface area contributed by atoms with Crippen molar-refractivity contribution >= 4 is 35.4 Å². The van der Waals surface area contributed by atoms with E-state index in [9.17, 15) is 29.4 Å². The SMILES string of the molecule is CC[C@]1(O)C[C@H]2CN(CCC3=C(NC4CC=CC=C34)[C@@](C(=O)OC)(c3cc4c(cc3OC)N(C)[C@@H]3[C@]45CCN4CC=C[C@@](CC)(C(OC(=O)CCCCCCCCCCCN6C(=O)C=CC6=O)[C@]3(O)C(=O)OC)[C@H]45)C2)C1. The first kappa shape index (κ1) is 54.1. The van der Waals surface area contributed by atoms with E-state index in [0.717, 1.165) is 92.4 Å². The third kappa shape index (κ3) is 8.57. The van der Waals surface area contributed by atoms with E-state index in [1.807, 2.05) is 31.9 Å². The van der Waals surface area contributed by atoms with Gasteiger partial charge in [0.15, 0.2) is 6.10 Å². The van der Waals surface area contributed by atoms with Crippen LogP contribution in [0.3, 0.4) is 0 Å². The second-order valence-electron chi connectivity index (χ2n) is 23.5. The molecule has 7 heterocycles. The summed E-state index contributed by atoms with van der Waals surface area (Å²) in [5.41, 5.74) is -1.37. The number of esters is 3. The van der Waals surface area contributed by atoms with Gasteiger partial charge in [0.1, 0.15) is 11.2 Å². The van der Waals surface area contributed by atoms with Gasteiger partial charge < -0.3 is 39.4 Å². The molecule has 7 aliphatic heterocycles. The van der Waals surface area contributed by atoms with Crippen molar-refractivity contribution in [1.82, 2.24) is 20.0 Å². The summed E-state index contributed by atoms with van der Waals surface area (Å²) in [5.74, 6) is -1.88. The first-order chi connectivity index (χ1) is 36.6. The third-order valence-electron chi connectivity index (χ3n) is 19.5. The summed E-state index contributed by atoms with van der Waals surface area (Å²) in [4.78, 5) is 76.5. The van der Waals surface area contributed by atoms with E-state index in [1.165, 1.54) is 31.3 Å². The van der Waals surface area contributed by atoms with Gasteiger partial charge in [0, 0.05) is 98.2 Å². The number of imide groups is 1. The Labute approximate surface area is 448 Å². The highest BCUT2D eigenvalue weighted by Crippen LogP contribution is 2.68. The van der Waals surface area contributed by atoms with E-state index in [2.05, 4.69) is 51.6 Å². The fourth-order valence-electron chi connectivity index (χ4n) is 16.3. The highest BCUT2D eigenvalue weighted by atomic mass is 16.6. The van der Waals surface area contributed by atoms with Crippen LogP contribution in [0, 0.1) is 11.3 Å². The van der Waals surface area contributed by atoms with Gasteiger partial charge in [-0.2, -0.15) is 0 Å². The Bertz CT molecular complexity index is 2630. The Balaban J connectivity index is 0.978. The van der Waals surface area contributed by atoms with Crippen LogP contribution in [0.5, 0.6) is 5.75 Å². The summed E-state index contributed by atoms with van der Waals surface area (Å²) < 4.78 is 24.8. The van der Waals surface area contributed by atoms with E-state index in [4.69, 9.17) is 18.9 Å². The van der Waals surface area contributed by atoms with Gasteiger partial charge in [-0.25, -0.2) is 4.79 Å². The fourth-order valence-corrected chi connectivity index (χ4v) is 16.3. The van der Waals surface area contributed by atoms with Crippen LogP contribution in [0.25, 0.3) is 0 Å². The minimum absolute atomic E-state index is 0.0358. The normalized spacial score (nSPS) is 34.8. The number of ether oxygens (including phenoxy) is 4. The van der Waals surface area contributed by atoms with E-state index < -0.39 is 57.5 Å². The number of benzene rings is 1. The zero-order chi connectivity index (χ0) is 53.8. The van der Waals surface area contributed by atoms with Gasteiger partial charge in [-0.3, -0.25) is 33.9 Å². The maximum Gasteiger partial charge on any atom is 0.344 e.